The van der Waals surface area contributed by atoms with E-state index in [9.17, 15) is 4.79 Å². The number of carbonyl (C=O) groups excluding carboxylic acids is 1. The lowest BCUT2D eigenvalue weighted by Gasteiger charge is -2.34. The molecule has 0 spiro atoms. The predicted molar refractivity (Wildman–Crippen MR) is 124 cm³/mol. The van der Waals surface area contributed by atoms with E-state index in [1.54, 1.807) is 19.2 Å². The van der Waals surface area contributed by atoms with Gasteiger partial charge in [-0.25, -0.2) is 0 Å². The Morgan fingerprint density at radius 2 is 1.70 bits per heavy atom. The molecule has 8 heteroatoms. The minimum atomic E-state index is 0.0139. The number of ether oxygens (including phenoxy) is 2. The number of amides is 1. The van der Waals surface area contributed by atoms with E-state index < -0.39 is 0 Å². The van der Waals surface area contributed by atoms with Crippen LogP contribution in [0.15, 0.2) is 53.1 Å². The monoisotopic (exact) mass is 450 g/mol. The standard InChI is InChI=1S/C25H30N4O4/c1-19-5-7-20(8-6-19)25-26-23(33-27-25)4-3-13-28-14-16-29(17-15-28)24(30)18-32-22-11-9-21(31-2)10-12-22/h5-12H,3-4,13-18H2,1-2H3. The lowest BCUT2D eigenvalue weighted by Crippen LogP contribution is -2.50. The highest BCUT2D eigenvalue weighted by Gasteiger charge is 2.21. The molecule has 1 fully saturated rings. The van der Waals surface area contributed by atoms with E-state index in [-0.39, 0.29) is 12.5 Å². The number of aryl methyl sites for hydroxylation is 2. The molecule has 1 amide bonds. The molecular formula is C25H30N4O4. The third-order valence-corrected chi connectivity index (χ3v) is 5.79. The first-order valence-corrected chi connectivity index (χ1v) is 11.3. The van der Waals surface area contributed by atoms with Gasteiger partial charge in [-0.3, -0.25) is 9.69 Å². The van der Waals surface area contributed by atoms with Crippen molar-refractivity contribution < 1.29 is 18.8 Å². The minimum absolute atomic E-state index is 0.0139. The Bertz CT molecular complexity index is 1030. The van der Waals surface area contributed by atoms with Crippen molar-refractivity contribution in [3.05, 3.63) is 60.0 Å². The third kappa shape index (κ3) is 6.32. The van der Waals surface area contributed by atoms with Crippen molar-refractivity contribution in [2.24, 2.45) is 0 Å². The highest BCUT2D eigenvalue weighted by Crippen LogP contribution is 2.18. The predicted octanol–water partition coefficient (Wildman–Crippen LogP) is 3.21. The topological polar surface area (TPSA) is 80.9 Å². The molecule has 8 nitrogen and oxygen atoms in total. The maximum atomic E-state index is 12.5. The van der Waals surface area contributed by atoms with Gasteiger partial charge in [0.2, 0.25) is 11.7 Å². The van der Waals surface area contributed by atoms with E-state index in [4.69, 9.17) is 14.0 Å². The van der Waals surface area contributed by atoms with Gasteiger partial charge in [-0.1, -0.05) is 35.0 Å². The van der Waals surface area contributed by atoms with Gasteiger partial charge in [0.05, 0.1) is 7.11 Å². The van der Waals surface area contributed by atoms with Gasteiger partial charge in [0.15, 0.2) is 6.61 Å². The summed E-state index contributed by atoms with van der Waals surface area (Å²) >= 11 is 0. The third-order valence-electron chi connectivity index (χ3n) is 5.79. The van der Waals surface area contributed by atoms with Crippen molar-refractivity contribution in [2.45, 2.75) is 19.8 Å². The molecule has 0 atom stereocenters. The molecule has 0 radical (unpaired) electrons. The maximum Gasteiger partial charge on any atom is 0.260 e. The van der Waals surface area contributed by atoms with Gasteiger partial charge >= 0.3 is 0 Å². The summed E-state index contributed by atoms with van der Waals surface area (Å²) in [7, 11) is 1.62. The number of hydrogen-bond donors (Lipinski definition) is 0. The lowest BCUT2D eigenvalue weighted by molar-refractivity contribution is -0.135. The fourth-order valence-corrected chi connectivity index (χ4v) is 3.76. The second-order valence-electron chi connectivity index (χ2n) is 8.17. The molecule has 0 aliphatic carbocycles. The molecule has 2 aromatic carbocycles. The number of carbonyl (C=O) groups is 1. The summed E-state index contributed by atoms with van der Waals surface area (Å²) in [4.78, 5) is 21.2. The highest BCUT2D eigenvalue weighted by molar-refractivity contribution is 5.77. The summed E-state index contributed by atoms with van der Waals surface area (Å²) in [5.74, 6) is 2.73. The maximum absolute atomic E-state index is 12.5. The first-order chi connectivity index (χ1) is 16.1. The molecule has 4 rings (SSSR count). The SMILES string of the molecule is COc1ccc(OCC(=O)N2CCN(CCCc3nc(-c4ccc(C)cc4)no3)CC2)cc1. The summed E-state index contributed by atoms with van der Waals surface area (Å²) in [5.41, 5.74) is 2.17. The van der Waals surface area contributed by atoms with Crippen LogP contribution in [0.25, 0.3) is 11.4 Å². The Hall–Kier alpha value is -3.39. The Kier molecular flexibility index (Phi) is 7.57. The van der Waals surface area contributed by atoms with Crippen LogP contribution >= 0.6 is 0 Å². The van der Waals surface area contributed by atoms with Crippen LogP contribution in [-0.4, -0.2) is 72.3 Å². The van der Waals surface area contributed by atoms with Crippen LogP contribution in [0.1, 0.15) is 17.9 Å². The van der Waals surface area contributed by atoms with Gasteiger partial charge < -0.3 is 18.9 Å². The molecule has 0 bridgehead atoms. The molecule has 1 aromatic heterocycles. The Labute approximate surface area is 194 Å². The van der Waals surface area contributed by atoms with E-state index in [0.717, 1.165) is 43.8 Å². The molecular weight excluding hydrogens is 420 g/mol. The van der Waals surface area contributed by atoms with Crippen molar-refractivity contribution in [2.75, 3.05) is 46.4 Å². The van der Waals surface area contributed by atoms with Gasteiger partial charge in [-0.15, -0.1) is 0 Å². The number of piperazine rings is 1. The summed E-state index contributed by atoms with van der Waals surface area (Å²) in [6.45, 7) is 6.17. The fourth-order valence-electron chi connectivity index (χ4n) is 3.76. The Morgan fingerprint density at radius 3 is 2.39 bits per heavy atom. The van der Waals surface area contributed by atoms with Crippen LogP contribution in [0, 0.1) is 6.92 Å². The number of nitrogens with zero attached hydrogens (tertiary/aromatic N) is 4. The van der Waals surface area contributed by atoms with Crippen LogP contribution < -0.4 is 9.47 Å². The van der Waals surface area contributed by atoms with Crippen molar-refractivity contribution in [1.29, 1.82) is 0 Å². The number of methoxy groups -OCH3 is 1. The first kappa shape index (κ1) is 22.8. The summed E-state index contributed by atoms with van der Waals surface area (Å²) in [6.07, 6.45) is 1.68. The summed E-state index contributed by atoms with van der Waals surface area (Å²) < 4.78 is 16.2. The van der Waals surface area contributed by atoms with Crippen molar-refractivity contribution in [3.63, 3.8) is 0 Å². The second kappa shape index (κ2) is 11.0. The van der Waals surface area contributed by atoms with Gasteiger partial charge in [0, 0.05) is 38.2 Å². The minimum Gasteiger partial charge on any atom is -0.497 e. The number of aromatic nitrogens is 2. The lowest BCUT2D eigenvalue weighted by atomic mass is 10.1. The number of hydrogen-bond acceptors (Lipinski definition) is 7. The molecule has 174 valence electrons. The van der Waals surface area contributed by atoms with Crippen LogP contribution in [0.3, 0.4) is 0 Å². The second-order valence-corrected chi connectivity index (χ2v) is 8.17. The number of benzene rings is 2. The molecule has 2 heterocycles. The molecule has 0 unspecified atom stereocenters. The quantitative estimate of drug-likeness (QED) is 0.495. The molecule has 33 heavy (non-hydrogen) atoms. The van der Waals surface area contributed by atoms with Crippen LogP contribution in [0.5, 0.6) is 11.5 Å². The van der Waals surface area contributed by atoms with Crippen LogP contribution in [-0.2, 0) is 11.2 Å². The van der Waals surface area contributed by atoms with Crippen molar-refractivity contribution in [1.82, 2.24) is 19.9 Å². The molecule has 0 saturated carbocycles. The zero-order chi connectivity index (χ0) is 23.0. The van der Waals surface area contributed by atoms with Gasteiger partial charge in [0.1, 0.15) is 11.5 Å². The largest absolute Gasteiger partial charge is 0.497 e. The normalized spacial score (nSPS) is 14.3. The molecule has 1 aliphatic heterocycles. The highest BCUT2D eigenvalue weighted by atomic mass is 16.5. The zero-order valence-electron chi connectivity index (χ0n) is 19.2. The Balaban J connectivity index is 1.14. The van der Waals surface area contributed by atoms with Gasteiger partial charge in [0.25, 0.3) is 5.91 Å². The average Bonchev–Trinajstić information content (AvgIpc) is 3.32. The van der Waals surface area contributed by atoms with E-state index in [1.165, 1.54) is 5.56 Å². The van der Waals surface area contributed by atoms with Crippen LogP contribution in [0.4, 0.5) is 0 Å². The molecule has 0 N–H and O–H groups in total. The van der Waals surface area contributed by atoms with Gasteiger partial charge in [-0.05, 0) is 44.2 Å². The fraction of sp³-hybridized carbons (Fsp3) is 0.400. The molecule has 1 aliphatic rings. The van der Waals surface area contributed by atoms with E-state index in [2.05, 4.69) is 22.0 Å². The zero-order valence-corrected chi connectivity index (χ0v) is 19.2. The first-order valence-electron chi connectivity index (χ1n) is 11.3. The van der Waals surface area contributed by atoms with E-state index >= 15 is 0 Å². The Morgan fingerprint density at radius 1 is 1.00 bits per heavy atom. The molecule has 3 aromatic rings. The van der Waals surface area contributed by atoms with Crippen LogP contribution in [0.2, 0.25) is 0 Å². The van der Waals surface area contributed by atoms with E-state index in [0.29, 0.717) is 30.6 Å². The van der Waals surface area contributed by atoms with Crippen molar-refractivity contribution in [3.8, 4) is 22.9 Å². The smallest absolute Gasteiger partial charge is 0.260 e. The summed E-state index contributed by atoms with van der Waals surface area (Å²) in [5, 5.41) is 4.10. The number of rotatable bonds is 9. The van der Waals surface area contributed by atoms with Crippen molar-refractivity contribution >= 4 is 5.91 Å². The van der Waals surface area contributed by atoms with Gasteiger partial charge in [-0.2, -0.15) is 4.98 Å². The van der Waals surface area contributed by atoms with E-state index in [1.807, 2.05) is 41.3 Å². The average molecular weight is 451 g/mol. The summed E-state index contributed by atoms with van der Waals surface area (Å²) in [6, 6.07) is 15.3. The molecule has 1 saturated heterocycles.